The molecule has 0 aromatic rings. The van der Waals surface area contributed by atoms with Crippen molar-refractivity contribution in [2.24, 2.45) is 16.7 Å². The number of fused-ring (bicyclic) bond motifs is 3. The first-order valence-corrected chi connectivity index (χ1v) is 9.56. The lowest BCUT2D eigenvalue weighted by Gasteiger charge is -2.63. The van der Waals surface area contributed by atoms with Crippen molar-refractivity contribution in [3.8, 4) is 0 Å². The maximum absolute atomic E-state index is 13.5. The van der Waals surface area contributed by atoms with Crippen LogP contribution in [-0.4, -0.2) is 51.8 Å². The highest BCUT2D eigenvalue weighted by Gasteiger charge is 2.77. The van der Waals surface area contributed by atoms with Crippen molar-refractivity contribution in [1.29, 1.82) is 0 Å². The Hall–Kier alpha value is -1.86. The van der Waals surface area contributed by atoms with Crippen LogP contribution < -0.4 is 0 Å². The maximum Gasteiger partial charge on any atom is 0.303 e. The van der Waals surface area contributed by atoms with E-state index >= 15 is 0 Å². The monoisotopic (exact) mass is 392 g/mol. The third-order valence-corrected chi connectivity index (χ3v) is 7.04. The molecule has 2 saturated carbocycles. The Morgan fingerprint density at radius 2 is 1.82 bits per heavy atom. The Kier molecular flexibility index (Phi) is 4.52. The predicted octanol–water partition coefficient (Wildman–Crippen LogP) is 1.55. The molecular formula is C21H28O7. The molecule has 1 saturated heterocycles. The molecule has 0 amide bonds. The number of esters is 1. The van der Waals surface area contributed by atoms with E-state index in [1.807, 2.05) is 13.8 Å². The maximum atomic E-state index is 13.5. The minimum absolute atomic E-state index is 0.145. The average molecular weight is 392 g/mol. The summed E-state index contributed by atoms with van der Waals surface area (Å²) in [5.41, 5.74) is -5.75. The van der Waals surface area contributed by atoms with Crippen molar-refractivity contribution in [2.75, 3.05) is 0 Å². The summed E-state index contributed by atoms with van der Waals surface area (Å²) in [6.07, 6.45) is -1.15. The molecule has 3 rings (SSSR count). The fourth-order valence-corrected chi connectivity index (χ4v) is 5.51. The first-order valence-electron chi connectivity index (χ1n) is 9.56. The van der Waals surface area contributed by atoms with E-state index in [0.717, 1.165) is 6.92 Å². The van der Waals surface area contributed by atoms with Gasteiger partial charge in [0.2, 0.25) is 0 Å². The first kappa shape index (κ1) is 20.9. The van der Waals surface area contributed by atoms with Crippen molar-refractivity contribution < 1.29 is 33.8 Å². The third kappa shape index (κ3) is 2.48. The fourth-order valence-electron chi connectivity index (χ4n) is 5.51. The summed E-state index contributed by atoms with van der Waals surface area (Å²) in [7, 11) is 0. The second kappa shape index (κ2) is 6.07. The third-order valence-electron chi connectivity index (χ3n) is 7.04. The van der Waals surface area contributed by atoms with Gasteiger partial charge in [0.05, 0.1) is 11.0 Å². The summed E-state index contributed by atoms with van der Waals surface area (Å²) < 4.78 is 11.3. The molecule has 3 fully saturated rings. The minimum atomic E-state index is -2.27. The highest BCUT2D eigenvalue weighted by atomic mass is 16.6. The molecule has 2 unspecified atom stereocenters. The number of hydrogen-bond acceptors (Lipinski definition) is 7. The zero-order chi connectivity index (χ0) is 21.3. The van der Waals surface area contributed by atoms with E-state index in [1.54, 1.807) is 6.92 Å². The molecule has 0 aromatic heterocycles. The summed E-state index contributed by atoms with van der Waals surface area (Å²) in [6.45, 7) is 11.6. The van der Waals surface area contributed by atoms with Gasteiger partial charge in [-0.2, -0.15) is 0 Å². The van der Waals surface area contributed by atoms with Gasteiger partial charge in [-0.05, 0) is 25.7 Å². The van der Waals surface area contributed by atoms with Gasteiger partial charge < -0.3 is 14.6 Å². The molecule has 6 atom stereocenters. The molecule has 0 radical (unpaired) electrons. The van der Waals surface area contributed by atoms with E-state index in [9.17, 15) is 24.3 Å². The van der Waals surface area contributed by atoms with Crippen LogP contribution in [0.15, 0.2) is 12.7 Å². The van der Waals surface area contributed by atoms with E-state index < -0.39 is 57.7 Å². The Balaban J connectivity index is 2.28. The molecule has 0 bridgehead atoms. The Morgan fingerprint density at radius 1 is 1.21 bits per heavy atom. The van der Waals surface area contributed by atoms with E-state index in [4.69, 9.17) is 9.47 Å². The second-order valence-corrected chi connectivity index (χ2v) is 9.40. The lowest BCUT2D eigenvalue weighted by atomic mass is 9.43. The van der Waals surface area contributed by atoms with Crippen LogP contribution >= 0.6 is 0 Å². The summed E-state index contributed by atoms with van der Waals surface area (Å²) in [5.74, 6) is -3.15. The number of hydrogen-bond donors (Lipinski definition) is 1. The highest BCUT2D eigenvalue weighted by molar-refractivity contribution is 6.07. The SMILES string of the molecule is C=C[C@@]1(C)CC(=O)[C@@]2(O)[C@H](O1)C(OC(C)=O)C(=O)[C@H]1C(C)(C)CCC(=O)C12C. The quantitative estimate of drug-likeness (QED) is 0.561. The summed E-state index contributed by atoms with van der Waals surface area (Å²) in [6, 6.07) is 0. The minimum Gasteiger partial charge on any atom is -0.452 e. The molecule has 2 aliphatic carbocycles. The number of aliphatic hydroxyl groups is 1. The van der Waals surface area contributed by atoms with Gasteiger partial charge in [-0.15, -0.1) is 6.58 Å². The van der Waals surface area contributed by atoms with Gasteiger partial charge >= 0.3 is 5.97 Å². The second-order valence-electron chi connectivity index (χ2n) is 9.40. The van der Waals surface area contributed by atoms with Crippen LogP contribution in [0.4, 0.5) is 0 Å². The van der Waals surface area contributed by atoms with Crippen molar-refractivity contribution in [3.63, 3.8) is 0 Å². The Morgan fingerprint density at radius 3 is 2.36 bits per heavy atom. The van der Waals surface area contributed by atoms with E-state index in [0.29, 0.717) is 6.42 Å². The number of carbonyl (C=O) groups is 4. The van der Waals surface area contributed by atoms with Crippen molar-refractivity contribution in [2.45, 2.75) is 77.3 Å². The van der Waals surface area contributed by atoms with Gasteiger partial charge in [-0.25, -0.2) is 0 Å². The molecule has 1 aliphatic heterocycles. The molecule has 154 valence electrons. The number of rotatable bonds is 2. The van der Waals surface area contributed by atoms with Crippen LogP contribution in [-0.2, 0) is 28.7 Å². The molecular weight excluding hydrogens is 364 g/mol. The smallest absolute Gasteiger partial charge is 0.303 e. The van der Waals surface area contributed by atoms with Gasteiger partial charge in [0.25, 0.3) is 0 Å². The van der Waals surface area contributed by atoms with E-state index in [2.05, 4.69) is 6.58 Å². The summed E-state index contributed by atoms with van der Waals surface area (Å²) in [4.78, 5) is 51.6. The van der Waals surface area contributed by atoms with Gasteiger partial charge in [0.15, 0.2) is 23.3 Å². The van der Waals surface area contributed by atoms with Gasteiger partial charge in [0, 0.05) is 25.7 Å². The van der Waals surface area contributed by atoms with E-state index in [-0.39, 0.29) is 18.6 Å². The molecule has 3 aliphatic rings. The van der Waals surface area contributed by atoms with Crippen LogP contribution in [0.1, 0.15) is 53.9 Å². The Bertz CT molecular complexity index is 784. The van der Waals surface area contributed by atoms with E-state index in [1.165, 1.54) is 13.0 Å². The predicted molar refractivity (Wildman–Crippen MR) is 98.2 cm³/mol. The lowest BCUT2D eigenvalue weighted by molar-refractivity contribution is -0.273. The van der Waals surface area contributed by atoms with Gasteiger partial charge in [-0.1, -0.05) is 19.9 Å². The largest absolute Gasteiger partial charge is 0.452 e. The Labute approximate surface area is 164 Å². The van der Waals surface area contributed by atoms with Crippen LogP contribution in [0.2, 0.25) is 0 Å². The number of Topliss-reactive ketones (excluding diaryl/α,β-unsaturated/α-hetero) is 3. The highest BCUT2D eigenvalue weighted by Crippen LogP contribution is 2.61. The molecule has 1 heterocycles. The van der Waals surface area contributed by atoms with Crippen molar-refractivity contribution in [3.05, 3.63) is 12.7 Å². The molecule has 0 spiro atoms. The molecule has 1 N–H and O–H groups in total. The topological polar surface area (TPSA) is 107 Å². The number of ketones is 3. The van der Waals surface area contributed by atoms with Gasteiger partial charge in [0.1, 0.15) is 11.9 Å². The number of carbonyl (C=O) groups excluding carboxylic acids is 4. The zero-order valence-electron chi connectivity index (χ0n) is 17.0. The zero-order valence-corrected chi connectivity index (χ0v) is 17.0. The van der Waals surface area contributed by atoms with Crippen molar-refractivity contribution >= 4 is 23.3 Å². The van der Waals surface area contributed by atoms with Crippen molar-refractivity contribution in [1.82, 2.24) is 0 Å². The summed E-state index contributed by atoms with van der Waals surface area (Å²) in [5, 5.41) is 11.8. The van der Waals surface area contributed by atoms with Crippen LogP contribution in [0.5, 0.6) is 0 Å². The van der Waals surface area contributed by atoms with Gasteiger partial charge in [-0.3, -0.25) is 19.2 Å². The number of ether oxygens (including phenoxy) is 2. The first-order chi connectivity index (χ1) is 12.7. The molecule has 7 heteroatoms. The lowest BCUT2D eigenvalue weighted by Crippen LogP contribution is -2.80. The van der Waals surface area contributed by atoms with Crippen LogP contribution in [0.25, 0.3) is 0 Å². The molecule has 0 aromatic carbocycles. The molecule has 28 heavy (non-hydrogen) atoms. The fraction of sp³-hybridized carbons (Fsp3) is 0.714. The molecule has 7 nitrogen and oxygen atoms in total. The normalized spacial score (nSPS) is 45.1. The van der Waals surface area contributed by atoms with Crippen LogP contribution in [0, 0.1) is 16.7 Å². The standard InChI is InChI=1S/C21H28O7/c1-7-19(5)10-13(24)21(26)17(28-19)15(27-11(2)22)14(25)16-18(3,4)9-8-12(23)20(16,21)6/h7,15-17,26H,1,8-10H2,2-6H3/t15?,16-,17+,19-,20?,21+/m0/s1. The summed E-state index contributed by atoms with van der Waals surface area (Å²) >= 11 is 0. The van der Waals surface area contributed by atoms with Crippen LogP contribution in [0.3, 0.4) is 0 Å². The average Bonchev–Trinajstić information content (AvgIpc) is 2.58.